The summed E-state index contributed by atoms with van der Waals surface area (Å²) in [7, 11) is 0. The highest BCUT2D eigenvalue weighted by Crippen LogP contribution is 2.36. The molecular formula is C18H27N3O3. The highest BCUT2D eigenvalue weighted by molar-refractivity contribution is 5.74. The molecule has 2 amide bonds. The van der Waals surface area contributed by atoms with Crippen molar-refractivity contribution < 1.29 is 13.9 Å². The second kappa shape index (κ2) is 6.76. The minimum absolute atomic E-state index is 0.0548. The van der Waals surface area contributed by atoms with Crippen molar-refractivity contribution in [2.24, 2.45) is 5.92 Å². The molecule has 4 heterocycles. The maximum Gasteiger partial charge on any atom is 0.317 e. The van der Waals surface area contributed by atoms with Crippen LogP contribution in [0.5, 0.6) is 0 Å². The van der Waals surface area contributed by atoms with Crippen molar-refractivity contribution in [3.05, 3.63) is 24.2 Å². The smallest absolute Gasteiger partial charge is 0.317 e. The zero-order chi connectivity index (χ0) is 16.4. The Kier molecular flexibility index (Phi) is 4.50. The van der Waals surface area contributed by atoms with Crippen LogP contribution in [0.25, 0.3) is 0 Å². The molecule has 4 rings (SSSR count). The van der Waals surface area contributed by atoms with Gasteiger partial charge in [-0.1, -0.05) is 0 Å². The molecule has 1 atom stereocenters. The Labute approximate surface area is 143 Å². The summed E-state index contributed by atoms with van der Waals surface area (Å²) in [6.07, 6.45) is 8.05. The largest absolute Gasteiger partial charge is 0.472 e. The molecule has 0 aromatic carbocycles. The molecule has 3 aliphatic rings. The molecule has 1 N–H and O–H groups in total. The third-order valence-corrected chi connectivity index (χ3v) is 5.58. The Bertz CT molecular complexity index is 538. The van der Waals surface area contributed by atoms with Crippen molar-refractivity contribution in [3.63, 3.8) is 0 Å². The first-order valence-electron chi connectivity index (χ1n) is 9.13. The number of furan rings is 1. The molecule has 1 spiro atoms. The summed E-state index contributed by atoms with van der Waals surface area (Å²) in [5, 5.41) is 3.08. The molecule has 0 unspecified atom stereocenters. The van der Waals surface area contributed by atoms with E-state index in [1.54, 1.807) is 6.26 Å². The average Bonchev–Trinajstić information content (AvgIpc) is 3.26. The van der Waals surface area contributed by atoms with Crippen LogP contribution in [0.15, 0.2) is 23.0 Å². The van der Waals surface area contributed by atoms with Gasteiger partial charge in [0.1, 0.15) is 0 Å². The zero-order valence-corrected chi connectivity index (χ0v) is 14.2. The number of hydrogen-bond acceptors (Lipinski definition) is 4. The molecule has 0 radical (unpaired) electrons. The van der Waals surface area contributed by atoms with Gasteiger partial charge in [-0.3, -0.25) is 4.90 Å². The molecule has 0 bridgehead atoms. The summed E-state index contributed by atoms with van der Waals surface area (Å²) >= 11 is 0. The van der Waals surface area contributed by atoms with E-state index in [2.05, 4.69) is 10.2 Å². The number of nitrogens with one attached hydrogen (secondary N) is 1. The molecule has 3 fully saturated rings. The minimum Gasteiger partial charge on any atom is -0.472 e. The van der Waals surface area contributed by atoms with E-state index in [0.29, 0.717) is 5.92 Å². The second-order valence-corrected chi connectivity index (χ2v) is 7.56. The Balaban J connectivity index is 1.16. The van der Waals surface area contributed by atoms with Gasteiger partial charge in [0.2, 0.25) is 0 Å². The van der Waals surface area contributed by atoms with Crippen molar-refractivity contribution in [1.82, 2.24) is 15.1 Å². The predicted octanol–water partition coefficient (Wildman–Crippen LogP) is 2.07. The first kappa shape index (κ1) is 16.0. The lowest BCUT2D eigenvalue weighted by Gasteiger charge is -2.53. The number of amides is 2. The van der Waals surface area contributed by atoms with E-state index < -0.39 is 0 Å². The summed E-state index contributed by atoms with van der Waals surface area (Å²) in [4.78, 5) is 16.4. The number of hydrogen-bond donors (Lipinski definition) is 1. The van der Waals surface area contributed by atoms with Gasteiger partial charge in [0.25, 0.3) is 0 Å². The van der Waals surface area contributed by atoms with Gasteiger partial charge in [-0.25, -0.2) is 4.79 Å². The second-order valence-electron chi connectivity index (χ2n) is 7.56. The monoisotopic (exact) mass is 333 g/mol. The van der Waals surface area contributed by atoms with Crippen molar-refractivity contribution in [2.45, 2.75) is 37.8 Å². The van der Waals surface area contributed by atoms with E-state index in [-0.39, 0.29) is 11.6 Å². The molecule has 132 valence electrons. The number of carbonyl (C=O) groups is 1. The van der Waals surface area contributed by atoms with E-state index in [1.165, 1.54) is 5.56 Å². The van der Waals surface area contributed by atoms with E-state index in [4.69, 9.17) is 9.15 Å². The van der Waals surface area contributed by atoms with Crippen LogP contribution in [0, 0.1) is 5.92 Å². The molecule has 24 heavy (non-hydrogen) atoms. The lowest BCUT2D eigenvalue weighted by atomic mass is 9.83. The summed E-state index contributed by atoms with van der Waals surface area (Å²) in [6, 6.07) is 2.12. The van der Waals surface area contributed by atoms with E-state index in [0.717, 1.165) is 71.6 Å². The number of ether oxygens (including phenoxy) is 1. The third-order valence-electron chi connectivity index (χ3n) is 5.58. The first-order chi connectivity index (χ1) is 11.7. The lowest BCUT2D eigenvalue weighted by molar-refractivity contribution is -0.181. The van der Waals surface area contributed by atoms with Gasteiger partial charge >= 0.3 is 6.03 Å². The molecule has 0 aliphatic carbocycles. The third kappa shape index (κ3) is 3.44. The van der Waals surface area contributed by atoms with Crippen LogP contribution in [0.1, 0.15) is 31.2 Å². The van der Waals surface area contributed by atoms with Gasteiger partial charge in [-0.2, -0.15) is 0 Å². The van der Waals surface area contributed by atoms with Crippen LogP contribution < -0.4 is 5.32 Å². The normalized spacial score (nSPS) is 26.5. The molecule has 6 heteroatoms. The number of carbonyl (C=O) groups excluding carboxylic acids is 1. The molecular weight excluding hydrogens is 306 g/mol. The van der Waals surface area contributed by atoms with Gasteiger partial charge in [0, 0.05) is 44.8 Å². The van der Waals surface area contributed by atoms with Gasteiger partial charge in [-0.05, 0) is 37.7 Å². The van der Waals surface area contributed by atoms with Crippen molar-refractivity contribution in [1.29, 1.82) is 0 Å². The first-order valence-corrected chi connectivity index (χ1v) is 9.13. The minimum atomic E-state index is 0.0548. The molecule has 3 saturated heterocycles. The maximum atomic E-state index is 12.0. The number of rotatable bonds is 4. The van der Waals surface area contributed by atoms with Crippen LogP contribution >= 0.6 is 0 Å². The topological polar surface area (TPSA) is 58.0 Å². The van der Waals surface area contributed by atoms with Crippen molar-refractivity contribution in [2.75, 3.05) is 39.3 Å². The Morgan fingerprint density at radius 3 is 2.83 bits per heavy atom. The maximum absolute atomic E-state index is 12.0. The lowest BCUT2D eigenvalue weighted by Crippen LogP contribution is -2.64. The summed E-state index contributed by atoms with van der Waals surface area (Å²) < 4.78 is 11.3. The van der Waals surface area contributed by atoms with Gasteiger partial charge < -0.3 is 19.4 Å². The highest BCUT2D eigenvalue weighted by atomic mass is 16.5. The van der Waals surface area contributed by atoms with Crippen LogP contribution in [0.3, 0.4) is 0 Å². The fourth-order valence-electron chi connectivity index (χ4n) is 4.11. The van der Waals surface area contributed by atoms with Crippen LogP contribution in [0.4, 0.5) is 4.79 Å². The summed E-state index contributed by atoms with van der Waals surface area (Å²) in [6.45, 7) is 6.27. The van der Waals surface area contributed by atoms with Crippen molar-refractivity contribution >= 4 is 6.03 Å². The number of likely N-dealkylation sites (tertiary alicyclic amines) is 2. The zero-order valence-electron chi connectivity index (χ0n) is 14.2. The quantitative estimate of drug-likeness (QED) is 0.916. The van der Waals surface area contributed by atoms with Gasteiger partial charge in [0.15, 0.2) is 0 Å². The van der Waals surface area contributed by atoms with Gasteiger partial charge in [0.05, 0.1) is 24.7 Å². The molecule has 1 aromatic rings. The van der Waals surface area contributed by atoms with Crippen molar-refractivity contribution in [3.8, 4) is 0 Å². The Morgan fingerprint density at radius 1 is 1.33 bits per heavy atom. The molecule has 3 aliphatic heterocycles. The van der Waals surface area contributed by atoms with Crippen LogP contribution in [-0.4, -0.2) is 60.8 Å². The van der Waals surface area contributed by atoms with E-state index in [9.17, 15) is 4.79 Å². The van der Waals surface area contributed by atoms with Gasteiger partial charge in [-0.15, -0.1) is 0 Å². The Hall–Kier alpha value is -1.53. The average molecular weight is 333 g/mol. The van der Waals surface area contributed by atoms with E-state index >= 15 is 0 Å². The fraction of sp³-hybridized carbons (Fsp3) is 0.722. The summed E-state index contributed by atoms with van der Waals surface area (Å²) in [5.74, 6) is 0.449. The number of urea groups is 1. The molecule has 1 aromatic heterocycles. The highest BCUT2D eigenvalue weighted by Gasteiger charge is 2.46. The van der Waals surface area contributed by atoms with Crippen LogP contribution in [-0.2, 0) is 11.3 Å². The standard InChI is InChI=1S/C18H27N3O3/c22-17(21-6-1-2-7-21)19-9-15-3-5-18(24-12-15)13-20(14-18)10-16-4-8-23-11-16/h4,8,11,15H,1-3,5-7,9-10,12-14H2,(H,19,22)/t15-/m1/s1. The predicted molar refractivity (Wildman–Crippen MR) is 89.6 cm³/mol. The molecule has 6 nitrogen and oxygen atoms in total. The van der Waals surface area contributed by atoms with E-state index in [1.807, 2.05) is 17.2 Å². The fourth-order valence-corrected chi connectivity index (χ4v) is 4.11. The molecule has 0 saturated carbocycles. The van der Waals surface area contributed by atoms with Crippen LogP contribution in [0.2, 0.25) is 0 Å². The Morgan fingerprint density at radius 2 is 2.17 bits per heavy atom. The SMILES string of the molecule is O=C(NC[C@H]1CCC2(CN(Cc3ccoc3)C2)OC1)N1CCCC1. The summed E-state index contributed by atoms with van der Waals surface area (Å²) in [5.41, 5.74) is 1.28. The number of nitrogens with zero attached hydrogens (tertiary/aromatic N) is 2.